The van der Waals surface area contributed by atoms with Crippen LogP contribution >= 0.6 is 22.9 Å². The first-order valence-corrected chi connectivity index (χ1v) is 11.2. The summed E-state index contributed by atoms with van der Waals surface area (Å²) in [6.07, 6.45) is 1.03. The second-order valence-corrected chi connectivity index (χ2v) is 9.05. The number of methoxy groups -OCH3 is 1. The first kappa shape index (κ1) is 23.2. The number of hydrogen-bond acceptors (Lipinski definition) is 6. The molecule has 0 radical (unpaired) electrons. The lowest BCUT2D eigenvalue weighted by Gasteiger charge is -2.18. The van der Waals surface area contributed by atoms with Crippen molar-refractivity contribution < 1.29 is 19.1 Å². The van der Waals surface area contributed by atoms with E-state index in [9.17, 15) is 14.4 Å². The van der Waals surface area contributed by atoms with E-state index in [1.165, 1.54) is 18.4 Å². The number of thiophene rings is 1. The van der Waals surface area contributed by atoms with Gasteiger partial charge in [0.15, 0.2) is 0 Å². The minimum Gasteiger partial charge on any atom is -0.465 e. The van der Waals surface area contributed by atoms with Gasteiger partial charge in [0.1, 0.15) is 10.6 Å². The van der Waals surface area contributed by atoms with Gasteiger partial charge in [0.25, 0.3) is 0 Å². The second-order valence-electron chi connectivity index (χ2n) is 7.74. The van der Waals surface area contributed by atoms with Crippen molar-refractivity contribution in [1.29, 1.82) is 0 Å². The molecule has 31 heavy (non-hydrogen) atoms. The number of hydrogen-bond donors (Lipinski definition) is 1. The SMILES string of the molecule is COC(=O)c1c(-c2ccc(Cl)cc2)csc1NC(=O)C1CC(=O)N(CCCN(C)C)C1. The molecular weight excluding hydrogens is 438 g/mol. The molecule has 0 aliphatic carbocycles. The standard InChI is InChI=1S/C22H26ClN3O4S/c1-25(2)9-4-10-26-12-15(11-18(26)27)20(28)24-21-19(22(29)30-3)17(13-31-21)14-5-7-16(23)8-6-14/h5-8,13,15H,4,9-12H2,1-3H3,(H,24,28). The second kappa shape index (κ2) is 10.3. The highest BCUT2D eigenvalue weighted by Gasteiger charge is 2.35. The highest BCUT2D eigenvalue weighted by Crippen LogP contribution is 2.37. The van der Waals surface area contributed by atoms with Crippen LogP contribution < -0.4 is 5.32 Å². The van der Waals surface area contributed by atoms with Gasteiger partial charge in [-0.3, -0.25) is 9.59 Å². The summed E-state index contributed by atoms with van der Waals surface area (Å²) in [5.74, 6) is -1.26. The van der Waals surface area contributed by atoms with Crippen molar-refractivity contribution in [2.45, 2.75) is 12.8 Å². The van der Waals surface area contributed by atoms with Gasteiger partial charge in [-0.25, -0.2) is 4.79 Å². The van der Waals surface area contributed by atoms with Gasteiger partial charge < -0.3 is 19.9 Å². The van der Waals surface area contributed by atoms with E-state index >= 15 is 0 Å². The number of carbonyl (C=O) groups excluding carboxylic acids is 3. The predicted octanol–water partition coefficient (Wildman–Crippen LogP) is 3.59. The van der Waals surface area contributed by atoms with Crippen molar-refractivity contribution >= 4 is 45.7 Å². The van der Waals surface area contributed by atoms with Gasteiger partial charge in [-0.1, -0.05) is 23.7 Å². The third kappa shape index (κ3) is 5.64. The van der Waals surface area contributed by atoms with Gasteiger partial charge in [-0.15, -0.1) is 11.3 Å². The third-order valence-electron chi connectivity index (χ3n) is 5.19. The lowest BCUT2D eigenvalue weighted by molar-refractivity contribution is -0.128. The fourth-order valence-corrected chi connectivity index (χ4v) is 4.64. The van der Waals surface area contributed by atoms with Crippen LogP contribution in [0.4, 0.5) is 5.00 Å². The van der Waals surface area contributed by atoms with Crippen LogP contribution in [0.15, 0.2) is 29.6 Å². The van der Waals surface area contributed by atoms with Crippen LogP contribution in [0, 0.1) is 5.92 Å². The zero-order valence-electron chi connectivity index (χ0n) is 17.8. The number of carbonyl (C=O) groups is 3. The normalized spacial score (nSPS) is 16.1. The number of ether oxygens (including phenoxy) is 1. The summed E-state index contributed by atoms with van der Waals surface area (Å²) in [6, 6.07) is 7.10. The third-order valence-corrected chi connectivity index (χ3v) is 6.34. The van der Waals surface area contributed by atoms with E-state index in [1.807, 2.05) is 26.2 Å². The Hall–Kier alpha value is -2.42. The van der Waals surface area contributed by atoms with Gasteiger partial charge >= 0.3 is 5.97 Å². The molecule has 166 valence electrons. The van der Waals surface area contributed by atoms with Crippen molar-refractivity contribution in [3.8, 4) is 11.1 Å². The molecule has 0 spiro atoms. The molecular formula is C22H26ClN3O4S. The number of likely N-dealkylation sites (tertiary alicyclic amines) is 1. The van der Waals surface area contributed by atoms with Crippen LogP contribution in [0.1, 0.15) is 23.2 Å². The highest BCUT2D eigenvalue weighted by molar-refractivity contribution is 7.15. The van der Waals surface area contributed by atoms with Gasteiger partial charge in [-0.05, 0) is 44.8 Å². The maximum absolute atomic E-state index is 12.9. The lowest BCUT2D eigenvalue weighted by atomic mass is 10.0. The Morgan fingerprint density at radius 2 is 2.00 bits per heavy atom. The number of rotatable bonds is 8. The van der Waals surface area contributed by atoms with Crippen molar-refractivity contribution in [3.63, 3.8) is 0 Å². The minimum absolute atomic E-state index is 0.0138. The average molecular weight is 464 g/mol. The summed E-state index contributed by atoms with van der Waals surface area (Å²) < 4.78 is 4.95. The average Bonchev–Trinajstić information content (AvgIpc) is 3.31. The summed E-state index contributed by atoms with van der Waals surface area (Å²) in [6.45, 7) is 1.90. The smallest absolute Gasteiger partial charge is 0.341 e. The first-order valence-electron chi connectivity index (χ1n) is 9.99. The monoisotopic (exact) mass is 463 g/mol. The number of anilines is 1. The number of benzene rings is 1. The van der Waals surface area contributed by atoms with E-state index in [0.29, 0.717) is 34.2 Å². The van der Waals surface area contributed by atoms with Crippen molar-refractivity contribution in [1.82, 2.24) is 9.80 Å². The van der Waals surface area contributed by atoms with Gasteiger partial charge in [0.05, 0.1) is 13.0 Å². The number of esters is 1. The fraction of sp³-hybridized carbons (Fsp3) is 0.409. The van der Waals surface area contributed by atoms with Crippen LogP contribution in [0.25, 0.3) is 11.1 Å². The van der Waals surface area contributed by atoms with Crippen molar-refractivity contribution in [3.05, 3.63) is 40.2 Å². The molecule has 1 aromatic heterocycles. The van der Waals surface area contributed by atoms with Gasteiger partial charge in [0.2, 0.25) is 11.8 Å². The topological polar surface area (TPSA) is 78.9 Å². The highest BCUT2D eigenvalue weighted by atomic mass is 35.5. The Morgan fingerprint density at radius 1 is 1.29 bits per heavy atom. The molecule has 0 bridgehead atoms. The number of nitrogens with one attached hydrogen (secondary N) is 1. The lowest BCUT2D eigenvalue weighted by Crippen LogP contribution is -2.30. The van der Waals surface area contributed by atoms with Crippen LogP contribution in [-0.4, -0.2) is 68.4 Å². The predicted molar refractivity (Wildman–Crippen MR) is 123 cm³/mol. The van der Waals surface area contributed by atoms with Gasteiger partial charge in [-0.2, -0.15) is 0 Å². The molecule has 0 saturated carbocycles. The zero-order chi connectivity index (χ0) is 22.5. The summed E-state index contributed by atoms with van der Waals surface area (Å²) in [5, 5.41) is 5.66. The summed E-state index contributed by atoms with van der Waals surface area (Å²) in [4.78, 5) is 41.5. The Balaban J connectivity index is 1.73. The number of amides is 2. The fourth-order valence-electron chi connectivity index (χ4n) is 3.55. The van der Waals surface area contributed by atoms with E-state index in [2.05, 4.69) is 10.2 Å². The number of nitrogens with zero attached hydrogens (tertiary/aromatic N) is 2. The maximum atomic E-state index is 12.9. The molecule has 1 atom stereocenters. The van der Waals surface area contributed by atoms with E-state index in [1.54, 1.807) is 22.4 Å². The molecule has 1 saturated heterocycles. The zero-order valence-corrected chi connectivity index (χ0v) is 19.4. The Labute approximate surface area is 190 Å². The molecule has 2 heterocycles. The molecule has 1 aliphatic heterocycles. The van der Waals surface area contributed by atoms with Crippen LogP contribution in [-0.2, 0) is 14.3 Å². The maximum Gasteiger partial charge on any atom is 0.341 e. The quantitative estimate of drug-likeness (QED) is 0.605. The number of halogens is 1. The summed E-state index contributed by atoms with van der Waals surface area (Å²) in [5.41, 5.74) is 1.76. The van der Waals surface area contributed by atoms with Gasteiger partial charge in [0, 0.05) is 35.5 Å². The van der Waals surface area contributed by atoms with Crippen LogP contribution in [0.3, 0.4) is 0 Å². The van der Waals surface area contributed by atoms with E-state index in [-0.39, 0.29) is 18.2 Å². The van der Waals surface area contributed by atoms with E-state index in [4.69, 9.17) is 16.3 Å². The van der Waals surface area contributed by atoms with Crippen molar-refractivity contribution in [2.24, 2.45) is 5.92 Å². The van der Waals surface area contributed by atoms with Crippen LogP contribution in [0.5, 0.6) is 0 Å². The molecule has 3 rings (SSSR count). The summed E-state index contributed by atoms with van der Waals surface area (Å²) >= 11 is 7.22. The molecule has 1 aromatic carbocycles. The minimum atomic E-state index is -0.533. The molecule has 1 aliphatic rings. The van der Waals surface area contributed by atoms with E-state index in [0.717, 1.165) is 18.5 Å². The van der Waals surface area contributed by atoms with Crippen LogP contribution in [0.2, 0.25) is 5.02 Å². The summed E-state index contributed by atoms with van der Waals surface area (Å²) in [7, 11) is 5.28. The molecule has 7 nitrogen and oxygen atoms in total. The molecule has 9 heteroatoms. The first-order chi connectivity index (χ1) is 14.8. The molecule has 1 unspecified atom stereocenters. The molecule has 1 fully saturated rings. The largest absolute Gasteiger partial charge is 0.465 e. The Morgan fingerprint density at radius 3 is 2.65 bits per heavy atom. The Bertz CT molecular complexity index is 958. The molecule has 1 N–H and O–H groups in total. The molecule has 2 amide bonds. The van der Waals surface area contributed by atoms with Crippen molar-refractivity contribution in [2.75, 3.05) is 46.2 Å². The molecule has 2 aromatic rings. The Kier molecular flexibility index (Phi) is 7.69. The van der Waals surface area contributed by atoms with E-state index < -0.39 is 11.9 Å².